The molecule has 1 amide bonds. The number of anilines is 1. The second-order valence-corrected chi connectivity index (χ2v) is 4.94. The average molecular weight is 285 g/mol. The summed E-state index contributed by atoms with van der Waals surface area (Å²) in [7, 11) is 0. The maximum atomic E-state index is 11.8. The first-order valence-electron chi connectivity index (χ1n) is 6.70. The fraction of sp³-hybridized carbons (Fsp3) is 0.533. The van der Waals surface area contributed by atoms with Crippen LogP contribution in [-0.4, -0.2) is 11.9 Å². The Hall–Kier alpha value is -1.06. The molecule has 0 aliphatic rings. The molecule has 3 N–H and O–H groups in total. The third-order valence-corrected chi connectivity index (χ3v) is 3.24. The van der Waals surface area contributed by atoms with Crippen LogP contribution in [0.5, 0.6) is 0 Å². The van der Waals surface area contributed by atoms with E-state index in [0.717, 1.165) is 12.1 Å². The summed E-state index contributed by atoms with van der Waals surface area (Å²) in [6.45, 7) is 5.87. The van der Waals surface area contributed by atoms with E-state index in [1.54, 1.807) is 0 Å². The van der Waals surface area contributed by atoms with Crippen LogP contribution in [0, 0.1) is 5.92 Å². The van der Waals surface area contributed by atoms with Crippen LogP contribution in [0.1, 0.15) is 39.2 Å². The number of amides is 1. The summed E-state index contributed by atoms with van der Waals surface area (Å²) in [4.78, 5) is 11.8. The van der Waals surface area contributed by atoms with E-state index in [1.807, 2.05) is 26.0 Å². The number of unbranched alkanes of at least 4 members (excludes halogenated alkanes) is 1. The van der Waals surface area contributed by atoms with Gasteiger partial charge in [-0.3, -0.25) is 4.79 Å². The molecular weight excluding hydrogens is 260 g/mol. The number of nitrogens with one attached hydrogen (secondary N) is 1. The SMILES string of the molecule is CCCCc1ccc(NC(=O)C(C)C(C)N)cc1.Cl. The summed E-state index contributed by atoms with van der Waals surface area (Å²) >= 11 is 0. The van der Waals surface area contributed by atoms with Crippen molar-refractivity contribution >= 4 is 24.0 Å². The number of rotatable bonds is 6. The smallest absolute Gasteiger partial charge is 0.228 e. The Kier molecular flexibility index (Phi) is 8.44. The summed E-state index contributed by atoms with van der Waals surface area (Å²) in [5.74, 6) is -0.198. The highest BCUT2D eigenvalue weighted by molar-refractivity contribution is 5.92. The first-order valence-corrected chi connectivity index (χ1v) is 6.70. The van der Waals surface area contributed by atoms with Crippen LogP contribution in [0.2, 0.25) is 0 Å². The monoisotopic (exact) mass is 284 g/mol. The van der Waals surface area contributed by atoms with Gasteiger partial charge in [-0.2, -0.15) is 0 Å². The van der Waals surface area contributed by atoms with Crippen molar-refractivity contribution in [2.75, 3.05) is 5.32 Å². The summed E-state index contributed by atoms with van der Waals surface area (Å²) < 4.78 is 0. The molecule has 1 aromatic rings. The van der Waals surface area contributed by atoms with Gasteiger partial charge in [0.1, 0.15) is 0 Å². The van der Waals surface area contributed by atoms with Gasteiger partial charge in [0.05, 0.1) is 5.92 Å². The minimum atomic E-state index is -0.176. The number of aryl methyl sites for hydroxylation is 1. The quantitative estimate of drug-likeness (QED) is 0.841. The normalized spacial score (nSPS) is 13.3. The van der Waals surface area contributed by atoms with Gasteiger partial charge in [0.25, 0.3) is 0 Å². The van der Waals surface area contributed by atoms with Gasteiger partial charge in [0.15, 0.2) is 0 Å². The second kappa shape index (κ2) is 8.94. The average Bonchev–Trinajstić information content (AvgIpc) is 2.36. The fourth-order valence-corrected chi connectivity index (χ4v) is 1.63. The number of hydrogen-bond acceptors (Lipinski definition) is 2. The molecule has 0 bridgehead atoms. The van der Waals surface area contributed by atoms with Gasteiger partial charge in [-0.05, 0) is 37.5 Å². The Bertz CT molecular complexity index is 376. The Morgan fingerprint density at radius 2 is 1.84 bits per heavy atom. The van der Waals surface area contributed by atoms with E-state index in [2.05, 4.69) is 24.4 Å². The van der Waals surface area contributed by atoms with E-state index in [0.29, 0.717) is 0 Å². The van der Waals surface area contributed by atoms with Gasteiger partial charge in [0.2, 0.25) is 5.91 Å². The second-order valence-electron chi connectivity index (χ2n) is 4.94. The van der Waals surface area contributed by atoms with Crippen molar-refractivity contribution in [3.63, 3.8) is 0 Å². The molecule has 0 saturated carbocycles. The maximum absolute atomic E-state index is 11.8. The van der Waals surface area contributed by atoms with Crippen molar-refractivity contribution in [1.82, 2.24) is 0 Å². The van der Waals surface area contributed by atoms with E-state index in [4.69, 9.17) is 5.73 Å². The van der Waals surface area contributed by atoms with Crippen LogP contribution in [-0.2, 0) is 11.2 Å². The molecule has 0 saturated heterocycles. The molecule has 0 aliphatic carbocycles. The molecule has 1 rings (SSSR count). The molecule has 0 spiro atoms. The highest BCUT2D eigenvalue weighted by Gasteiger charge is 2.16. The Morgan fingerprint density at radius 1 is 1.26 bits per heavy atom. The maximum Gasteiger partial charge on any atom is 0.228 e. The third-order valence-electron chi connectivity index (χ3n) is 3.24. The number of benzene rings is 1. The summed E-state index contributed by atoms with van der Waals surface area (Å²) in [6.07, 6.45) is 3.50. The third kappa shape index (κ3) is 6.08. The zero-order chi connectivity index (χ0) is 13.5. The van der Waals surface area contributed by atoms with Crippen molar-refractivity contribution in [1.29, 1.82) is 0 Å². The molecule has 2 unspecified atom stereocenters. The lowest BCUT2D eigenvalue weighted by Gasteiger charge is -2.15. The van der Waals surface area contributed by atoms with Crippen molar-refractivity contribution in [2.24, 2.45) is 11.7 Å². The van der Waals surface area contributed by atoms with Crippen molar-refractivity contribution in [2.45, 2.75) is 46.1 Å². The molecule has 3 nitrogen and oxygen atoms in total. The molecule has 0 fully saturated rings. The summed E-state index contributed by atoms with van der Waals surface area (Å²) in [5.41, 5.74) is 7.86. The molecule has 1 aromatic carbocycles. The van der Waals surface area contributed by atoms with Crippen LogP contribution in [0.4, 0.5) is 5.69 Å². The Morgan fingerprint density at radius 3 is 2.32 bits per heavy atom. The number of halogens is 1. The van der Waals surface area contributed by atoms with E-state index in [1.165, 1.54) is 18.4 Å². The van der Waals surface area contributed by atoms with Crippen LogP contribution < -0.4 is 11.1 Å². The number of nitrogens with two attached hydrogens (primary N) is 1. The van der Waals surface area contributed by atoms with Gasteiger partial charge in [-0.1, -0.05) is 32.4 Å². The molecule has 0 heterocycles. The van der Waals surface area contributed by atoms with Gasteiger partial charge < -0.3 is 11.1 Å². The molecule has 108 valence electrons. The van der Waals surface area contributed by atoms with E-state index in [-0.39, 0.29) is 30.3 Å². The predicted molar refractivity (Wildman–Crippen MR) is 83.7 cm³/mol. The molecule has 4 heteroatoms. The van der Waals surface area contributed by atoms with Gasteiger partial charge >= 0.3 is 0 Å². The first kappa shape index (κ1) is 17.9. The molecule has 0 radical (unpaired) electrons. The highest BCUT2D eigenvalue weighted by Crippen LogP contribution is 2.13. The number of carbonyl (C=O) groups is 1. The fourth-order valence-electron chi connectivity index (χ4n) is 1.63. The highest BCUT2D eigenvalue weighted by atomic mass is 35.5. The van der Waals surface area contributed by atoms with Crippen LogP contribution in [0.3, 0.4) is 0 Å². The summed E-state index contributed by atoms with van der Waals surface area (Å²) in [6, 6.07) is 7.92. The van der Waals surface area contributed by atoms with Crippen LogP contribution >= 0.6 is 12.4 Å². The molecule has 19 heavy (non-hydrogen) atoms. The van der Waals surface area contributed by atoms with Gasteiger partial charge in [-0.15, -0.1) is 12.4 Å². The lowest BCUT2D eigenvalue weighted by molar-refractivity contribution is -0.119. The van der Waals surface area contributed by atoms with E-state index < -0.39 is 0 Å². The minimum absolute atomic E-state index is 0. The number of hydrogen-bond donors (Lipinski definition) is 2. The Labute approximate surface area is 122 Å². The van der Waals surface area contributed by atoms with Crippen molar-refractivity contribution in [3.8, 4) is 0 Å². The van der Waals surface area contributed by atoms with Crippen molar-refractivity contribution < 1.29 is 4.79 Å². The molecule has 0 aliphatic heterocycles. The standard InChI is InChI=1S/C15H24N2O.ClH/c1-4-5-6-13-7-9-14(10-8-13)17-15(18)11(2)12(3)16;/h7-12H,4-6,16H2,1-3H3,(H,17,18);1H. The molecule has 0 aromatic heterocycles. The lowest BCUT2D eigenvalue weighted by Crippen LogP contribution is -2.34. The topological polar surface area (TPSA) is 55.1 Å². The predicted octanol–water partition coefficient (Wildman–Crippen LogP) is 3.37. The summed E-state index contributed by atoms with van der Waals surface area (Å²) in [5, 5.41) is 2.89. The van der Waals surface area contributed by atoms with Crippen molar-refractivity contribution in [3.05, 3.63) is 29.8 Å². The first-order chi connectivity index (χ1) is 8.54. The minimum Gasteiger partial charge on any atom is -0.327 e. The van der Waals surface area contributed by atoms with Gasteiger partial charge in [0, 0.05) is 11.7 Å². The molecular formula is C15H25ClN2O. The lowest BCUT2D eigenvalue weighted by atomic mass is 10.0. The molecule has 2 atom stereocenters. The number of carbonyl (C=O) groups excluding carboxylic acids is 1. The zero-order valence-electron chi connectivity index (χ0n) is 12.0. The van der Waals surface area contributed by atoms with Crippen LogP contribution in [0.15, 0.2) is 24.3 Å². The zero-order valence-corrected chi connectivity index (χ0v) is 12.8. The van der Waals surface area contributed by atoms with Crippen LogP contribution in [0.25, 0.3) is 0 Å². The Balaban J connectivity index is 0.00000324. The van der Waals surface area contributed by atoms with E-state index >= 15 is 0 Å². The largest absolute Gasteiger partial charge is 0.327 e. The van der Waals surface area contributed by atoms with E-state index in [9.17, 15) is 4.79 Å². The van der Waals surface area contributed by atoms with Gasteiger partial charge in [-0.25, -0.2) is 0 Å².